The van der Waals surface area contributed by atoms with Gasteiger partial charge < -0.3 is 15.0 Å². The molecule has 0 unspecified atom stereocenters. The molecular formula is C23H21FN2O3. The molecule has 3 aromatic rings. The fourth-order valence-electron chi connectivity index (χ4n) is 2.85. The van der Waals surface area contributed by atoms with E-state index in [2.05, 4.69) is 5.32 Å². The van der Waals surface area contributed by atoms with E-state index in [0.717, 1.165) is 0 Å². The molecule has 0 atom stereocenters. The number of halogens is 1. The molecule has 29 heavy (non-hydrogen) atoms. The molecular weight excluding hydrogens is 371 g/mol. The summed E-state index contributed by atoms with van der Waals surface area (Å²) in [4.78, 5) is 25.9. The van der Waals surface area contributed by atoms with E-state index in [1.807, 2.05) is 36.4 Å². The van der Waals surface area contributed by atoms with Crippen LogP contribution in [-0.2, 0) is 4.79 Å². The molecule has 0 aromatic heterocycles. The SMILES string of the molecule is CC(=O)N(CCNC(=O)c1ccccc1F)c1ccccc1Oc1ccccc1. The predicted molar refractivity (Wildman–Crippen MR) is 110 cm³/mol. The second kappa shape index (κ2) is 9.50. The van der Waals surface area contributed by atoms with E-state index >= 15 is 0 Å². The van der Waals surface area contributed by atoms with Crippen molar-refractivity contribution in [2.45, 2.75) is 6.92 Å². The summed E-state index contributed by atoms with van der Waals surface area (Å²) in [6.45, 7) is 1.81. The number of amides is 2. The lowest BCUT2D eigenvalue weighted by molar-refractivity contribution is -0.116. The Balaban J connectivity index is 1.71. The van der Waals surface area contributed by atoms with Gasteiger partial charge in [-0.3, -0.25) is 9.59 Å². The molecule has 0 aliphatic heterocycles. The number of nitrogens with one attached hydrogen (secondary N) is 1. The van der Waals surface area contributed by atoms with Gasteiger partial charge in [-0.05, 0) is 36.4 Å². The van der Waals surface area contributed by atoms with Gasteiger partial charge in [-0.1, -0.05) is 42.5 Å². The van der Waals surface area contributed by atoms with E-state index in [0.29, 0.717) is 17.2 Å². The average molecular weight is 392 g/mol. The fraction of sp³-hybridized carbons (Fsp3) is 0.130. The summed E-state index contributed by atoms with van der Waals surface area (Å²) in [5.41, 5.74) is 0.554. The van der Waals surface area contributed by atoms with E-state index in [-0.39, 0.29) is 24.6 Å². The van der Waals surface area contributed by atoms with Gasteiger partial charge in [-0.25, -0.2) is 4.39 Å². The van der Waals surface area contributed by atoms with Crippen LogP contribution < -0.4 is 15.0 Å². The van der Waals surface area contributed by atoms with Gasteiger partial charge in [0.15, 0.2) is 5.75 Å². The van der Waals surface area contributed by atoms with Gasteiger partial charge in [-0.15, -0.1) is 0 Å². The smallest absolute Gasteiger partial charge is 0.254 e. The lowest BCUT2D eigenvalue weighted by Crippen LogP contribution is -2.38. The predicted octanol–water partition coefficient (Wildman–Crippen LogP) is 4.40. The number of carbonyl (C=O) groups excluding carboxylic acids is 2. The highest BCUT2D eigenvalue weighted by atomic mass is 19.1. The first-order valence-corrected chi connectivity index (χ1v) is 9.19. The van der Waals surface area contributed by atoms with Gasteiger partial charge in [0.2, 0.25) is 5.91 Å². The maximum absolute atomic E-state index is 13.7. The third-order valence-electron chi connectivity index (χ3n) is 4.25. The van der Waals surface area contributed by atoms with E-state index in [4.69, 9.17) is 4.74 Å². The quantitative estimate of drug-likeness (QED) is 0.648. The molecule has 0 fully saturated rings. The molecule has 3 rings (SSSR count). The summed E-state index contributed by atoms with van der Waals surface area (Å²) in [6.07, 6.45) is 0. The van der Waals surface area contributed by atoms with Crippen molar-refractivity contribution in [3.05, 3.63) is 90.2 Å². The van der Waals surface area contributed by atoms with Gasteiger partial charge in [-0.2, -0.15) is 0 Å². The Morgan fingerprint density at radius 3 is 2.31 bits per heavy atom. The Morgan fingerprint density at radius 2 is 1.59 bits per heavy atom. The van der Waals surface area contributed by atoms with E-state index < -0.39 is 11.7 Å². The molecule has 0 saturated carbocycles. The zero-order valence-electron chi connectivity index (χ0n) is 16.0. The molecule has 0 spiro atoms. The van der Waals surface area contributed by atoms with Crippen molar-refractivity contribution >= 4 is 17.5 Å². The number of anilines is 1. The van der Waals surface area contributed by atoms with Crippen molar-refractivity contribution in [1.82, 2.24) is 5.32 Å². The molecule has 3 aromatic carbocycles. The largest absolute Gasteiger partial charge is 0.455 e. The van der Waals surface area contributed by atoms with Crippen LogP contribution in [0.5, 0.6) is 11.5 Å². The van der Waals surface area contributed by atoms with Gasteiger partial charge in [0.25, 0.3) is 5.91 Å². The molecule has 5 nitrogen and oxygen atoms in total. The summed E-state index contributed by atoms with van der Waals surface area (Å²) in [6, 6.07) is 22.2. The van der Waals surface area contributed by atoms with Crippen LogP contribution >= 0.6 is 0 Å². The van der Waals surface area contributed by atoms with Gasteiger partial charge in [0.1, 0.15) is 11.6 Å². The number of benzene rings is 3. The summed E-state index contributed by atoms with van der Waals surface area (Å²) >= 11 is 0. The highest BCUT2D eigenvalue weighted by Gasteiger charge is 2.17. The van der Waals surface area contributed by atoms with E-state index in [1.165, 1.54) is 30.0 Å². The second-order valence-electron chi connectivity index (χ2n) is 6.29. The van der Waals surface area contributed by atoms with Crippen molar-refractivity contribution in [2.75, 3.05) is 18.0 Å². The normalized spacial score (nSPS) is 10.3. The number of para-hydroxylation sites is 3. The number of carbonyl (C=O) groups is 2. The summed E-state index contributed by atoms with van der Waals surface area (Å²) in [5, 5.41) is 2.65. The van der Waals surface area contributed by atoms with Crippen molar-refractivity contribution < 1.29 is 18.7 Å². The van der Waals surface area contributed by atoms with Crippen molar-refractivity contribution in [3.8, 4) is 11.5 Å². The zero-order chi connectivity index (χ0) is 20.6. The molecule has 0 saturated heterocycles. The number of ether oxygens (including phenoxy) is 1. The van der Waals surface area contributed by atoms with Crippen molar-refractivity contribution in [3.63, 3.8) is 0 Å². The molecule has 0 heterocycles. The van der Waals surface area contributed by atoms with Crippen LogP contribution in [0.25, 0.3) is 0 Å². The highest BCUT2D eigenvalue weighted by molar-refractivity contribution is 5.95. The maximum Gasteiger partial charge on any atom is 0.254 e. The molecule has 6 heteroatoms. The topological polar surface area (TPSA) is 58.6 Å². The second-order valence-corrected chi connectivity index (χ2v) is 6.29. The lowest BCUT2D eigenvalue weighted by Gasteiger charge is -2.24. The first-order valence-electron chi connectivity index (χ1n) is 9.19. The molecule has 0 aliphatic rings. The Labute approximate surface area is 168 Å². The van der Waals surface area contributed by atoms with Crippen LogP contribution in [0.1, 0.15) is 17.3 Å². The fourth-order valence-corrected chi connectivity index (χ4v) is 2.85. The van der Waals surface area contributed by atoms with Crippen molar-refractivity contribution in [1.29, 1.82) is 0 Å². The van der Waals surface area contributed by atoms with Gasteiger partial charge >= 0.3 is 0 Å². The molecule has 0 aliphatic carbocycles. The third kappa shape index (κ3) is 5.19. The molecule has 148 valence electrons. The van der Waals surface area contributed by atoms with Crippen LogP contribution in [0.4, 0.5) is 10.1 Å². The minimum Gasteiger partial charge on any atom is -0.455 e. The first-order chi connectivity index (χ1) is 14.1. The van der Waals surface area contributed by atoms with Gasteiger partial charge in [0, 0.05) is 20.0 Å². The Morgan fingerprint density at radius 1 is 0.931 bits per heavy atom. The van der Waals surface area contributed by atoms with Crippen LogP contribution in [0, 0.1) is 5.82 Å². The Hall–Kier alpha value is -3.67. The number of hydrogen-bond donors (Lipinski definition) is 1. The molecule has 1 N–H and O–H groups in total. The van der Waals surface area contributed by atoms with Crippen LogP contribution in [-0.4, -0.2) is 24.9 Å². The van der Waals surface area contributed by atoms with Crippen LogP contribution in [0.2, 0.25) is 0 Å². The Kier molecular flexibility index (Phi) is 6.58. The number of rotatable bonds is 7. The lowest BCUT2D eigenvalue weighted by atomic mass is 10.2. The highest BCUT2D eigenvalue weighted by Crippen LogP contribution is 2.32. The molecule has 0 bridgehead atoms. The standard InChI is InChI=1S/C23H21FN2O3/c1-17(27)26(16-15-25-23(28)19-11-5-6-12-20(19)24)21-13-7-8-14-22(21)29-18-9-3-2-4-10-18/h2-14H,15-16H2,1H3,(H,25,28). The first kappa shape index (κ1) is 20.1. The average Bonchev–Trinajstić information content (AvgIpc) is 2.72. The summed E-state index contributed by atoms with van der Waals surface area (Å²) in [5.74, 6) is -0.143. The molecule has 2 amide bonds. The Bertz CT molecular complexity index is 992. The number of nitrogens with zero attached hydrogens (tertiary/aromatic N) is 1. The minimum absolute atomic E-state index is 0.0327. The zero-order valence-corrected chi connectivity index (χ0v) is 16.0. The monoisotopic (exact) mass is 392 g/mol. The van der Waals surface area contributed by atoms with E-state index in [9.17, 15) is 14.0 Å². The van der Waals surface area contributed by atoms with Crippen molar-refractivity contribution in [2.24, 2.45) is 0 Å². The van der Waals surface area contributed by atoms with Gasteiger partial charge in [0.05, 0.1) is 11.3 Å². The van der Waals surface area contributed by atoms with E-state index in [1.54, 1.807) is 24.3 Å². The number of hydrogen-bond acceptors (Lipinski definition) is 3. The molecule has 0 radical (unpaired) electrons. The van der Waals surface area contributed by atoms with Crippen LogP contribution in [0.15, 0.2) is 78.9 Å². The third-order valence-corrected chi connectivity index (χ3v) is 4.25. The summed E-state index contributed by atoms with van der Waals surface area (Å²) in [7, 11) is 0. The minimum atomic E-state index is -0.588. The van der Waals surface area contributed by atoms with Crippen LogP contribution in [0.3, 0.4) is 0 Å². The summed E-state index contributed by atoms with van der Waals surface area (Å²) < 4.78 is 19.7. The maximum atomic E-state index is 13.7.